The van der Waals surface area contributed by atoms with E-state index in [1.165, 1.54) is 10.6 Å². The second kappa shape index (κ2) is 5.58. The van der Waals surface area contributed by atoms with Gasteiger partial charge in [-0.25, -0.2) is 4.79 Å². The van der Waals surface area contributed by atoms with Crippen molar-refractivity contribution < 1.29 is 9.59 Å². The summed E-state index contributed by atoms with van der Waals surface area (Å²) in [6.07, 6.45) is 2.56. The van der Waals surface area contributed by atoms with Crippen LogP contribution in [0.3, 0.4) is 0 Å². The zero-order valence-corrected chi connectivity index (χ0v) is 14.6. The van der Waals surface area contributed by atoms with E-state index in [1.807, 2.05) is 13.8 Å². The number of nitrogens with two attached hydrogens (primary N) is 1. The molecular formula is C19H21N3O3. The Morgan fingerprint density at radius 3 is 2.56 bits per heavy atom. The maximum absolute atomic E-state index is 12.8. The summed E-state index contributed by atoms with van der Waals surface area (Å²) in [5.74, 6) is -0.581. The fraction of sp³-hybridized carbons (Fsp3) is 0.316. The van der Waals surface area contributed by atoms with Crippen LogP contribution in [0.15, 0.2) is 29.6 Å². The second-order valence-corrected chi connectivity index (χ2v) is 7.25. The molecule has 1 aromatic heterocycles. The van der Waals surface area contributed by atoms with Gasteiger partial charge in [0.15, 0.2) is 5.78 Å². The van der Waals surface area contributed by atoms with Gasteiger partial charge in [-0.1, -0.05) is 26.5 Å². The zero-order valence-electron chi connectivity index (χ0n) is 14.6. The molecule has 2 N–H and O–H groups in total. The van der Waals surface area contributed by atoms with Crippen LogP contribution >= 0.6 is 0 Å². The predicted molar refractivity (Wildman–Crippen MR) is 96.1 cm³/mol. The number of nitrogens with zero attached hydrogens (tertiary/aromatic N) is 2. The molecule has 0 spiro atoms. The zero-order chi connectivity index (χ0) is 18.5. The van der Waals surface area contributed by atoms with Gasteiger partial charge >= 0.3 is 5.69 Å². The average Bonchev–Trinajstić information content (AvgIpc) is 2.76. The standard InChI is InChI=1S/C19H21N3O3/c1-5-11-8-12(6-7-13(11)17(20)24)22-14-9-19(2,3)10-15(23)16(14)21(4)18(22)25/h5-8H,1,9-10H2,2-4H3,(H2,20,24). The summed E-state index contributed by atoms with van der Waals surface area (Å²) in [6, 6.07) is 4.94. The fourth-order valence-corrected chi connectivity index (χ4v) is 3.55. The molecule has 0 saturated carbocycles. The van der Waals surface area contributed by atoms with E-state index in [1.54, 1.807) is 29.8 Å². The first-order chi connectivity index (χ1) is 11.7. The highest BCUT2D eigenvalue weighted by Crippen LogP contribution is 2.35. The molecule has 0 fully saturated rings. The molecule has 0 atom stereocenters. The first kappa shape index (κ1) is 17.0. The maximum atomic E-state index is 12.8. The van der Waals surface area contributed by atoms with Gasteiger partial charge < -0.3 is 5.73 Å². The Morgan fingerprint density at radius 1 is 1.28 bits per heavy atom. The van der Waals surface area contributed by atoms with Gasteiger partial charge in [0.1, 0.15) is 5.69 Å². The number of carbonyl (C=O) groups excluding carboxylic acids is 2. The first-order valence-electron chi connectivity index (χ1n) is 8.07. The Bertz CT molecular complexity index is 977. The quantitative estimate of drug-likeness (QED) is 0.928. The average molecular weight is 339 g/mol. The van der Waals surface area contributed by atoms with Crippen LogP contribution in [-0.4, -0.2) is 20.8 Å². The van der Waals surface area contributed by atoms with Crippen molar-refractivity contribution in [1.82, 2.24) is 9.13 Å². The van der Waals surface area contributed by atoms with Crippen LogP contribution in [0, 0.1) is 5.41 Å². The van der Waals surface area contributed by atoms with Gasteiger partial charge in [0.2, 0.25) is 5.91 Å². The van der Waals surface area contributed by atoms with Crippen molar-refractivity contribution in [2.45, 2.75) is 26.7 Å². The normalized spacial score (nSPS) is 15.7. The largest absolute Gasteiger partial charge is 0.366 e. The summed E-state index contributed by atoms with van der Waals surface area (Å²) < 4.78 is 2.95. The lowest BCUT2D eigenvalue weighted by Gasteiger charge is -2.29. The Balaban J connectivity index is 2.28. The highest BCUT2D eigenvalue weighted by molar-refractivity contribution is 5.98. The molecule has 1 aromatic carbocycles. The number of fused-ring (bicyclic) bond motifs is 1. The van der Waals surface area contributed by atoms with Crippen LogP contribution in [0.1, 0.15) is 52.4 Å². The van der Waals surface area contributed by atoms with Gasteiger partial charge in [-0.3, -0.25) is 18.7 Å². The van der Waals surface area contributed by atoms with Crippen LogP contribution in [-0.2, 0) is 13.5 Å². The third-order valence-corrected chi connectivity index (χ3v) is 4.68. The van der Waals surface area contributed by atoms with E-state index >= 15 is 0 Å². The highest BCUT2D eigenvalue weighted by atomic mass is 16.2. The van der Waals surface area contributed by atoms with Gasteiger partial charge in [-0.2, -0.15) is 0 Å². The Labute approximate surface area is 145 Å². The van der Waals surface area contributed by atoms with Gasteiger partial charge in [-0.15, -0.1) is 0 Å². The van der Waals surface area contributed by atoms with Crippen molar-refractivity contribution >= 4 is 17.8 Å². The highest BCUT2D eigenvalue weighted by Gasteiger charge is 2.36. The molecule has 0 radical (unpaired) electrons. The molecule has 0 aliphatic heterocycles. The summed E-state index contributed by atoms with van der Waals surface area (Å²) in [4.78, 5) is 36.8. The van der Waals surface area contributed by atoms with Crippen LogP contribution in [0.4, 0.5) is 0 Å². The summed E-state index contributed by atoms with van der Waals surface area (Å²) >= 11 is 0. The maximum Gasteiger partial charge on any atom is 0.333 e. The molecule has 1 aliphatic carbocycles. The number of carbonyl (C=O) groups is 2. The molecular weight excluding hydrogens is 318 g/mol. The van der Waals surface area contributed by atoms with E-state index < -0.39 is 5.91 Å². The SMILES string of the molecule is C=Cc1cc(-n2c3c(n(C)c2=O)C(=O)CC(C)(C)C3)ccc1C(N)=O. The molecule has 6 heteroatoms. The lowest BCUT2D eigenvalue weighted by molar-refractivity contribution is 0.0900. The van der Waals surface area contributed by atoms with E-state index in [9.17, 15) is 14.4 Å². The third kappa shape index (κ3) is 2.63. The predicted octanol–water partition coefficient (Wildman–Crippen LogP) is 2.07. The van der Waals surface area contributed by atoms with E-state index in [0.29, 0.717) is 41.0 Å². The molecule has 1 aliphatic rings. The van der Waals surface area contributed by atoms with Crippen molar-refractivity contribution in [1.29, 1.82) is 0 Å². The van der Waals surface area contributed by atoms with Gasteiger partial charge in [0.05, 0.1) is 11.4 Å². The molecule has 3 rings (SSSR count). The minimum absolute atomic E-state index is 0.0256. The van der Waals surface area contributed by atoms with Crippen molar-refractivity contribution in [3.63, 3.8) is 0 Å². The molecule has 1 amide bonds. The molecule has 0 saturated heterocycles. The number of ketones is 1. The molecule has 0 bridgehead atoms. The first-order valence-corrected chi connectivity index (χ1v) is 8.07. The second-order valence-electron chi connectivity index (χ2n) is 7.25. The number of imidazole rings is 1. The van der Waals surface area contributed by atoms with Gasteiger partial charge in [0.25, 0.3) is 0 Å². The number of benzene rings is 1. The lowest BCUT2D eigenvalue weighted by Crippen LogP contribution is -2.29. The van der Waals surface area contributed by atoms with Crippen molar-refractivity contribution in [3.05, 3.63) is 57.8 Å². The van der Waals surface area contributed by atoms with Crippen LogP contribution in [0.5, 0.6) is 0 Å². The Hall–Kier alpha value is -2.89. The molecule has 2 aromatic rings. The monoisotopic (exact) mass is 339 g/mol. The molecule has 1 heterocycles. The summed E-state index contributed by atoms with van der Waals surface area (Å²) in [7, 11) is 1.61. The number of Topliss-reactive ketones (excluding diaryl/α,β-unsaturated/α-hetero) is 1. The Morgan fingerprint density at radius 2 is 1.96 bits per heavy atom. The number of hydrogen-bond acceptors (Lipinski definition) is 3. The van der Waals surface area contributed by atoms with Gasteiger partial charge in [0, 0.05) is 19.0 Å². The molecule has 25 heavy (non-hydrogen) atoms. The number of amides is 1. The summed E-state index contributed by atoms with van der Waals surface area (Å²) in [5.41, 5.74) is 7.53. The minimum atomic E-state index is -0.555. The topological polar surface area (TPSA) is 87.1 Å². The summed E-state index contributed by atoms with van der Waals surface area (Å²) in [6.45, 7) is 7.73. The molecule has 6 nitrogen and oxygen atoms in total. The van der Waals surface area contributed by atoms with Crippen LogP contribution in [0.2, 0.25) is 0 Å². The lowest BCUT2D eigenvalue weighted by atomic mass is 9.77. The summed E-state index contributed by atoms with van der Waals surface area (Å²) in [5, 5.41) is 0. The van der Waals surface area contributed by atoms with E-state index in [-0.39, 0.29) is 16.9 Å². The van der Waals surface area contributed by atoms with Crippen molar-refractivity contribution in [2.75, 3.05) is 0 Å². The van der Waals surface area contributed by atoms with Crippen molar-refractivity contribution in [3.8, 4) is 5.69 Å². The fourth-order valence-electron chi connectivity index (χ4n) is 3.55. The number of rotatable bonds is 3. The number of aromatic nitrogens is 2. The van der Waals surface area contributed by atoms with Crippen LogP contribution in [0.25, 0.3) is 11.8 Å². The van der Waals surface area contributed by atoms with E-state index in [0.717, 1.165) is 0 Å². The van der Waals surface area contributed by atoms with E-state index in [2.05, 4.69) is 6.58 Å². The van der Waals surface area contributed by atoms with E-state index in [4.69, 9.17) is 5.73 Å². The molecule has 0 unspecified atom stereocenters. The third-order valence-electron chi connectivity index (χ3n) is 4.68. The van der Waals surface area contributed by atoms with Crippen molar-refractivity contribution in [2.24, 2.45) is 18.2 Å². The Kier molecular flexibility index (Phi) is 3.78. The van der Waals surface area contributed by atoms with Gasteiger partial charge in [-0.05, 0) is 35.6 Å². The minimum Gasteiger partial charge on any atom is -0.366 e. The molecule has 130 valence electrons. The number of primary amides is 1. The smallest absolute Gasteiger partial charge is 0.333 e. The van der Waals surface area contributed by atoms with Crippen LogP contribution < -0.4 is 11.4 Å². The number of hydrogen-bond donors (Lipinski definition) is 1.